The molecule has 13 heteroatoms. The summed E-state index contributed by atoms with van der Waals surface area (Å²) in [4.78, 5) is 30.9. The van der Waals surface area contributed by atoms with Crippen molar-refractivity contribution in [2.75, 3.05) is 33.3 Å². The second-order valence-electron chi connectivity index (χ2n) is 17.7. The Kier molecular flexibility index (Phi) is 8.25. The van der Waals surface area contributed by atoms with E-state index in [1.165, 1.54) is 24.8 Å². The summed E-state index contributed by atoms with van der Waals surface area (Å²) < 4.78 is 64.6. The SMILES string of the molecule is COc1ccc(C2CCCCC2)c2c1cc1n2CC2=C(C(=O)NS(=O)(=O)C(C)C)C2=C2C=CC[C@@H](C(=O)N3CC45CCC4(C3)CN(S(=O)(=O)C(C)C)C5)[C@@H]21. The van der Waals surface area contributed by atoms with E-state index in [0.717, 1.165) is 64.7 Å². The van der Waals surface area contributed by atoms with Crippen LogP contribution in [0.15, 0.2) is 52.6 Å². The van der Waals surface area contributed by atoms with E-state index in [1.807, 2.05) is 17.1 Å². The number of carbonyl (C=O) groups excluding carboxylic acids is 2. The summed E-state index contributed by atoms with van der Waals surface area (Å²) in [6.45, 7) is 8.97. The monoisotopic (exact) mass is 776 g/mol. The first-order chi connectivity index (χ1) is 25.6. The Balaban J connectivity index is 1.14. The molecule has 0 radical (unpaired) electrons. The Hall–Kier alpha value is -3.42. The Labute approximate surface area is 318 Å². The number of aromatic nitrogens is 1. The van der Waals surface area contributed by atoms with Gasteiger partial charge in [0.15, 0.2) is 0 Å². The normalized spacial score (nSPS) is 29.5. The molecule has 54 heavy (non-hydrogen) atoms. The molecule has 0 bridgehead atoms. The maximum atomic E-state index is 15.1. The van der Waals surface area contributed by atoms with Gasteiger partial charge in [-0.1, -0.05) is 37.5 Å². The number of hydrogen-bond donors (Lipinski definition) is 1. The highest BCUT2D eigenvalue weighted by atomic mass is 32.2. The predicted octanol–water partition coefficient (Wildman–Crippen LogP) is 5.49. The highest BCUT2D eigenvalue weighted by Crippen LogP contribution is 2.66. The molecule has 9 rings (SSSR count). The zero-order chi connectivity index (χ0) is 38.1. The lowest BCUT2D eigenvalue weighted by molar-refractivity contribution is -0.135. The van der Waals surface area contributed by atoms with Crippen LogP contribution in [0, 0.1) is 16.7 Å². The van der Waals surface area contributed by atoms with Crippen LogP contribution in [0.3, 0.4) is 0 Å². The average Bonchev–Trinajstić information content (AvgIpc) is 3.62. The van der Waals surface area contributed by atoms with Crippen molar-refractivity contribution in [2.45, 2.75) is 108 Å². The standard InChI is InChI=1S/C41H52N4O7S2/c1-24(2)53(48,49)42-38(46)36-31-19-45-32(18-30-33(52-5)15-14-27(37(30)45)26-10-7-6-8-11-26)34-28(35(31)36)12-9-13-29(34)39(47)43-20-40-16-17-41(40,21-43)23-44(22-40)54(50,51)25(3)4/h9,12,14-15,18,24-26,29,34H,6-8,10-11,13,16-17,19-23H2,1-5H3,(H,42,46)/t29-,34-,40?,41?/m1/s1. The molecule has 4 atom stereocenters. The van der Waals surface area contributed by atoms with Crippen LogP contribution in [0.2, 0.25) is 0 Å². The molecule has 3 aliphatic heterocycles. The minimum absolute atomic E-state index is 0.0597. The minimum Gasteiger partial charge on any atom is -0.496 e. The van der Waals surface area contributed by atoms with Gasteiger partial charge in [-0.2, -0.15) is 0 Å². The Bertz CT molecular complexity index is 2290. The number of nitrogens with one attached hydrogen (secondary N) is 1. The van der Waals surface area contributed by atoms with Crippen molar-refractivity contribution in [1.82, 2.24) is 18.5 Å². The Morgan fingerprint density at radius 1 is 0.926 bits per heavy atom. The summed E-state index contributed by atoms with van der Waals surface area (Å²) in [5.41, 5.74) is 5.77. The zero-order valence-corrected chi connectivity index (χ0v) is 33.6. The van der Waals surface area contributed by atoms with E-state index < -0.39 is 42.4 Å². The van der Waals surface area contributed by atoms with Gasteiger partial charge in [-0.05, 0) is 100 Å². The summed E-state index contributed by atoms with van der Waals surface area (Å²) in [7, 11) is -5.58. The van der Waals surface area contributed by atoms with Crippen LogP contribution < -0.4 is 9.46 Å². The fourth-order valence-electron chi connectivity index (χ4n) is 11.1. The first-order valence-corrected chi connectivity index (χ1v) is 22.9. The number of likely N-dealkylation sites (tertiary alicyclic amines) is 1. The molecule has 2 saturated heterocycles. The molecule has 7 aliphatic rings. The van der Waals surface area contributed by atoms with Gasteiger partial charge in [-0.3, -0.25) is 9.59 Å². The molecule has 2 amide bonds. The van der Waals surface area contributed by atoms with Crippen LogP contribution in [-0.2, 0) is 36.2 Å². The van der Waals surface area contributed by atoms with Crippen LogP contribution in [0.4, 0.5) is 0 Å². The first-order valence-electron chi connectivity index (χ1n) is 19.8. The Morgan fingerprint density at radius 2 is 1.61 bits per heavy atom. The van der Waals surface area contributed by atoms with Crippen molar-refractivity contribution in [2.24, 2.45) is 16.7 Å². The third kappa shape index (κ3) is 5.12. The molecule has 2 saturated carbocycles. The molecule has 1 N–H and O–H groups in total. The van der Waals surface area contributed by atoms with Gasteiger partial charge in [-0.15, -0.1) is 0 Å². The van der Waals surface area contributed by atoms with Crippen molar-refractivity contribution in [1.29, 1.82) is 0 Å². The number of amides is 2. The van der Waals surface area contributed by atoms with Crippen molar-refractivity contribution in [3.63, 3.8) is 0 Å². The number of ether oxygens (including phenoxy) is 1. The molecule has 0 spiro atoms. The van der Waals surface area contributed by atoms with Gasteiger partial charge in [-0.25, -0.2) is 25.9 Å². The molecule has 4 heterocycles. The molecule has 2 unspecified atom stereocenters. The molecule has 1 aromatic carbocycles. The number of allylic oxidation sites excluding steroid dienone is 4. The fraction of sp³-hybridized carbons (Fsp3) is 0.610. The second kappa shape index (κ2) is 12.3. The third-order valence-electron chi connectivity index (χ3n) is 14.3. The molecule has 1 aromatic heterocycles. The van der Waals surface area contributed by atoms with Gasteiger partial charge in [0.05, 0.1) is 34.6 Å². The van der Waals surface area contributed by atoms with Gasteiger partial charge < -0.3 is 14.2 Å². The molecule has 2 aromatic rings. The largest absolute Gasteiger partial charge is 0.496 e. The summed E-state index contributed by atoms with van der Waals surface area (Å²) in [5, 5.41) is -0.263. The maximum absolute atomic E-state index is 15.1. The third-order valence-corrected chi connectivity index (χ3v) is 18.2. The van der Waals surface area contributed by atoms with E-state index in [9.17, 15) is 21.6 Å². The van der Waals surface area contributed by atoms with Crippen molar-refractivity contribution in [3.05, 3.63) is 63.9 Å². The number of hydrogen-bond acceptors (Lipinski definition) is 7. The minimum atomic E-state index is -3.86. The molecular weight excluding hydrogens is 725 g/mol. The van der Waals surface area contributed by atoms with Crippen molar-refractivity contribution < 1.29 is 31.2 Å². The zero-order valence-electron chi connectivity index (χ0n) is 32.0. The van der Waals surface area contributed by atoms with Crippen LogP contribution in [0.5, 0.6) is 5.75 Å². The smallest absolute Gasteiger partial charge is 0.265 e. The molecule has 290 valence electrons. The van der Waals surface area contributed by atoms with Gasteiger partial charge >= 0.3 is 0 Å². The van der Waals surface area contributed by atoms with Gasteiger partial charge in [0.25, 0.3) is 5.91 Å². The lowest BCUT2D eigenvalue weighted by Crippen LogP contribution is -2.49. The maximum Gasteiger partial charge on any atom is 0.265 e. The summed E-state index contributed by atoms with van der Waals surface area (Å²) in [6.07, 6.45) is 12.2. The van der Waals surface area contributed by atoms with Crippen LogP contribution >= 0.6 is 0 Å². The number of rotatable bonds is 8. The van der Waals surface area contributed by atoms with Crippen molar-refractivity contribution >= 4 is 42.8 Å². The van der Waals surface area contributed by atoms with E-state index in [4.69, 9.17) is 4.74 Å². The summed E-state index contributed by atoms with van der Waals surface area (Å²) in [6, 6.07) is 6.45. The van der Waals surface area contributed by atoms with E-state index in [0.29, 0.717) is 50.6 Å². The van der Waals surface area contributed by atoms with E-state index in [1.54, 1.807) is 39.1 Å². The van der Waals surface area contributed by atoms with Gasteiger partial charge in [0, 0.05) is 60.6 Å². The highest BCUT2D eigenvalue weighted by Gasteiger charge is 2.70. The molecule has 4 fully saturated rings. The number of fused-ring (bicyclic) bond motifs is 6. The number of benzene rings is 1. The number of methoxy groups -OCH3 is 1. The summed E-state index contributed by atoms with van der Waals surface area (Å²) in [5.74, 6) is -0.230. The predicted molar refractivity (Wildman–Crippen MR) is 207 cm³/mol. The fourth-order valence-corrected chi connectivity index (χ4v) is 13.2. The molecule has 4 aliphatic carbocycles. The molecular formula is C41H52N4O7S2. The van der Waals surface area contributed by atoms with E-state index >= 15 is 4.79 Å². The number of sulfonamides is 2. The quantitative estimate of drug-likeness (QED) is 0.375. The van der Waals surface area contributed by atoms with Crippen LogP contribution in [-0.4, -0.2) is 86.2 Å². The molecule has 11 nitrogen and oxygen atoms in total. The van der Waals surface area contributed by atoms with Crippen LogP contribution in [0.25, 0.3) is 10.9 Å². The second-order valence-corrected chi connectivity index (χ2v) is 22.4. The average molecular weight is 777 g/mol. The van der Waals surface area contributed by atoms with Crippen molar-refractivity contribution in [3.8, 4) is 5.75 Å². The number of nitrogens with zero attached hydrogens (tertiary/aromatic N) is 3. The highest BCUT2D eigenvalue weighted by molar-refractivity contribution is 7.90. The first kappa shape index (κ1) is 36.2. The topological polar surface area (TPSA) is 135 Å². The van der Waals surface area contributed by atoms with Gasteiger partial charge in [0.1, 0.15) is 5.75 Å². The van der Waals surface area contributed by atoms with E-state index in [2.05, 4.69) is 27.5 Å². The van der Waals surface area contributed by atoms with E-state index in [-0.39, 0.29) is 22.7 Å². The van der Waals surface area contributed by atoms with Crippen LogP contribution in [0.1, 0.15) is 102 Å². The Morgan fingerprint density at radius 3 is 2.22 bits per heavy atom. The number of carbonyl (C=O) groups is 2. The lowest BCUT2D eigenvalue weighted by atomic mass is 9.53. The lowest BCUT2D eigenvalue weighted by Gasteiger charge is -2.48. The summed E-state index contributed by atoms with van der Waals surface area (Å²) >= 11 is 0. The van der Waals surface area contributed by atoms with Gasteiger partial charge in [0.2, 0.25) is 26.0 Å².